The predicted molar refractivity (Wildman–Crippen MR) is 109 cm³/mol. The Balaban J connectivity index is 0.00000484. The monoisotopic (exact) mass is 434 g/mol. The number of nitrogens with zero attached hydrogens (tertiary/aromatic N) is 2. The fraction of sp³-hybridized carbons (Fsp3) is 0.588. The Morgan fingerprint density at radius 2 is 1.91 bits per heavy atom. The average molecular weight is 434 g/mol. The van der Waals surface area contributed by atoms with Gasteiger partial charge in [0.15, 0.2) is 5.96 Å². The van der Waals surface area contributed by atoms with E-state index < -0.39 is 0 Å². The number of benzene rings is 1. The summed E-state index contributed by atoms with van der Waals surface area (Å²) in [7, 11) is 7.69. The van der Waals surface area contributed by atoms with E-state index in [0.717, 1.165) is 49.7 Å². The fourth-order valence-electron chi connectivity index (χ4n) is 2.17. The zero-order valence-electron chi connectivity index (χ0n) is 15.0. The molecule has 0 atom stereocenters. The second-order valence-electron chi connectivity index (χ2n) is 5.64. The molecule has 1 rings (SSSR count). The van der Waals surface area contributed by atoms with E-state index in [1.165, 1.54) is 5.56 Å². The molecule has 6 heteroatoms. The van der Waals surface area contributed by atoms with Crippen LogP contribution in [0.4, 0.5) is 0 Å². The summed E-state index contributed by atoms with van der Waals surface area (Å²) in [5.74, 6) is 1.81. The SMILES string of the molecule is CN=C(NCCCN(C)C)NCCc1ccc(C)c(OC)c1.I. The number of aryl methyl sites for hydroxylation is 1. The highest BCUT2D eigenvalue weighted by Crippen LogP contribution is 2.18. The molecule has 0 aromatic heterocycles. The van der Waals surface area contributed by atoms with Gasteiger partial charge in [-0.25, -0.2) is 0 Å². The Labute approximate surface area is 157 Å². The van der Waals surface area contributed by atoms with Gasteiger partial charge in [0, 0.05) is 20.1 Å². The van der Waals surface area contributed by atoms with Crippen LogP contribution in [0.5, 0.6) is 5.75 Å². The minimum atomic E-state index is 0. The van der Waals surface area contributed by atoms with E-state index in [-0.39, 0.29) is 24.0 Å². The van der Waals surface area contributed by atoms with Crippen LogP contribution in [-0.4, -0.2) is 58.7 Å². The first-order valence-corrected chi connectivity index (χ1v) is 7.79. The van der Waals surface area contributed by atoms with E-state index in [0.29, 0.717) is 0 Å². The largest absolute Gasteiger partial charge is 0.496 e. The van der Waals surface area contributed by atoms with E-state index in [4.69, 9.17) is 4.74 Å². The normalized spacial score (nSPS) is 11.1. The summed E-state index contributed by atoms with van der Waals surface area (Å²) in [4.78, 5) is 6.42. The molecule has 0 bridgehead atoms. The maximum Gasteiger partial charge on any atom is 0.190 e. The standard InChI is InChI=1S/C17H30N4O.HI/c1-14-7-8-15(13-16(14)22-5)9-11-20-17(18-2)19-10-6-12-21(3)4;/h7-8,13H,6,9-12H2,1-5H3,(H2,18,19,20);1H. The third-order valence-electron chi connectivity index (χ3n) is 3.48. The molecule has 0 aliphatic carbocycles. The van der Waals surface area contributed by atoms with Crippen LogP contribution in [0.15, 0.2) is 23.2 Å². The van der Waals surface area contributed by atoms with Gasteiger partial charge in [-0.05, 0) is 57.6 Å². The Morgan fingerprint density at radius 1 is 1.22 bits per heavy atom. The molecule has 0 radical (unpaired) electrons. The predicted octanol–water partition coefficient (Wildman–Crippen LogP) is 2.28. The summed E-state index contributed by atoms with van der Waals surface area (Å²) in [5.41, 5.74) is 2.43. The van der Waals surface area contributed by atoms with Crippen LogP contribution in [0.25, 0.3) is 0 Å². The van der Waals surface area contributed by atoms with Crippen molar-refractivity contribution in [2.45, 2.75) is 19.8 Å². The number of methoxy groups -OCH3 is 1. The maximum atomic E-state index is 5.36. The van der Waals surface area contributed by atoms with Gasteiger partial charge in [-0.1, -0.05) is 12.1 Å². The molecular formula is C17H31IN4O. The van der Waals surface area contributed by atoms with Gasteiger partial charge < -0.3 is 20.3 Å². The molecule has 0 saturated heterocycles. The Hall–Kier alpha value is -1.02. The molecule has 23 heavy (non-hydrogen) atoms. The lowest BCUT2D eigenvalue weighted by Gasteiger charge is -2.14. The number of aliphatic imine (C=N–C) groups is 1. The lowest BCUT2D eigenvalue weighted by atomic mass is 10.1. The quantitative estimate of drug-likeness (QED) is 0.285. The summed E-state index contributed by atoms with van der Waals surface area (Å²) in [6.07, 6.45) is 2.04. The second kappa shape index (κ2) is 12.4. The molecule has 0 saturated carbocycles. The van der Waals surface area contributed by atoms with Crippen LogP contribution in [0, 0.1) is 6.92 Å². The molecule has 2 N–H and O–H groups in total. The number of guanidine groups is 1. The first-order chi connectivity index (χ1) is 10.6. The van der Waals surface area contributed by atoms with Gasteiger partial charge in [0.1, 0.15) is 5.75 Å². The number of nitrogens with one attached hydrogen (secondary N) is 2. The van der Waals surface area contributed by atoms with Gasteiger partial charge >= 0.3 is 0 Å². The van der Waals surface area contributed by atoms with Crippen LogP contribution < -0.4 is 15.4 Å². The van der Waals surface area contributed by atoms with E-state index in [9.17, 15) is 0 Å². The van der Waals surface area contributed by atoms with E-state index in [1.807, 2.05) is 0 Å². The lowest BCUT2D eigenvalue weighted by molar-refractivity contribution is 0.399. The molecule has 132 valence electrons. The van der Waals surface area contributed by atoms with Gasteiger partial charge in [0.05, 0.1) is 7.11 Å². The van der Waals surface area contributed by atoms with E-state index in [2.05, 4.69) is 59.7 Å². The topological polar surface area (TPSA) is 48.9 Å². The lowest BCUT2D eigenvalue weighted by Crippen LogP contribution is -2.39. The summed E-state index contributed by atoms with van der Waals surface area (Å²) in [6, 6.07) is 6.35. The van der Waals surface area contributed by atoms with Crippen LogP contribution in [0.2, 0.25) is 0 Å². The van der Waals surface area contributed by atoms with E-state index in [1.54, 1.807) is 14.2 Å². The molecule has 0 heterocycles. The van der Waals surface area contributed by atoms with E-state index >= 15 is 0 Å². The van der Waals surface area contributed by atoms with Crippen molar-refractivity contribution in [3.8, 4) is 5.75 Å². The smallest absolute Gasteiger partial charge is 0.190 e. The number of halogens is 1. The highest BCUT2D eigenvalue weighted by atomic mass is 127. The Kier molecular flexibility index (Phi) is 11.9. The third-order valence-corrected chi connectivity index (χ3v) is 3.48. The van der Waals surface area contributed by atoms with Gasteiger partial charge in [0.2, 0.25) is 0 Å². The fourth-order valence-corrected chi connectivity index (χ4v) is 2.17. The van der Waals surface area contributed by atoms with Gasteiger partial charge in [0.25, 0.3) is 0 Å². The van der Waals surface area contributed by atoms with Crippen molar-refractivity contribution >= 4 is 29.9 Å². The van der Waals surface area contributed by atoms with Crippen LogP contribution >= 0.6 is 24.0 Å². The number of rotatable bonds is 8. The van der Waals surface area contributed by atoms with Crippen LogP contribution in [-0.2, 0) is 6.42 Å². The molecule has 0 amide bonds. The molecule has 0 aliphatic heterocycles. The van der Waals surface area contributed by atoms with Crippen molar-refractivity contribution in [1.82, 2.24) is 15.5 Å². The molecule has 0 fully saturated rings. The highest BCUT2D eigenvalue weighted by molar-refractivity contribution is 14.0. The van der Waals surface area contributed by atoms with Crippen molar-refractivity contribution < 1.29 is 4.74 Å². The Morgan fingerprint density at radius 3 is 2.52 bits per heavy atom. The number of ether oxygens (including phenoxy) is 1. The van der Waals surface area contributed by atoms with Crippen LogP contribution in [0.1, 0.15) is 17.5 Å². The molecule has 1 aromatic carbocycles. The minimum Gasteiger partial charge on any atom is -0.496 e. The van der Waals surface area contributed by atoms with Crippen molar-refractivity contribution in [2.75, 3.05) is 47.9 Å². The zero-order valence-corrected chi connectivity index (χ0v) is 17.3. The summed E-state index contributed by atoms with van der Waals surface area (Å²) in [5, 5.41) is 6.67. The van der Waals surface area contributed by atoms with Crippen molar-refractivity contribution in [3.63, 3.8) is 0 Å². The summed E-state index contributed by atoms with van der Waals surface area (Å²) < 4.78 is 5.36. The molecule has 0 spiro atoms. The Bertz CT molecular complexity index is 478. The van der Waals surface area contributed by atoms with Gasteiger partial charge in [-0.15, -0.1) is 24.0 Å². The molecule has 0 aliphatic rings. The maximum absolute atomic E-state index is 5.36. The first-order valence-electron chi connectivity index (χ1n) is 7.79. The van der Waals surface area contributed by atoms with Gasteiger partial charge in [-0.2, -0.15) is 0 Å². The highest BCUT2D eigenvalue weighted by Gasteiger charge is 2.02. The average Bonchev–Trinajstić information content (AvgIpc) is 2.50. The van der Waals surface area contributed by atoms with Crippen LogP contribution in [0.3, 0.4) is 0 Å². The summed E-state index contributed by atoms with van der Waals surface area (Å²) >= 11 is 0. The zero-order chi connectivity index (χ0) is 16.4. The summed E-state index contributed by atoms with van der Waals surface area (Å²) in [6.45, 7) is 4.91. The third kappa shape index (κ3) is 9.00. The van der Waals surface area contributed by atoms with Crippen molar-refractivity contribution in [3.05, 3.63) is 29.3 Å². The number of hydrogen-bond donors (Lipinski definition) is 2. The van der Waals surface area contributed by atoms with Crippen molar-refractivity contribution in [2.24, 2.45) is 4.99 Å². The minimum absolute atomic E-state index is 0. The van der Waals surface area contributed by atoms with Crippen molar-refractivity contribution in [1.29, 1.82) is 0 Å². The molecule has 1 aromatic rings. The molecule has 5 nitrogen and oxygen atoms in total. The second-order valence-corrected chi connectivity index (χ2v) is 5.64. The molecular weight excluding hydrogens is 403 g/mol. The van der Waals surface area contributed by atoms with Gasteiger partial charge in [-0.3, -0.25) is 4.99 Å². The molecule has 0 unspecified atom stereocenters. The number of hydrogen-bond acceptors (Lipinski definition) is 3. The first kappa shape index (κ1) is 22.0.